The van der Waals surface area contributed by atoms with Crippen LogP contribution in [0.2, 0.25) is 0 Å². The molecule has 6 nitrogen and oxygen atoms in total. The molecule has 1 aromatic carbocycles. The van der Waals surface area contributed by atoms with E-state index >= 15 is 0 Å². The maximum absolute atomic E-state index is 12.7. The summed E-state index contributed by atoms with van der Waals surface area (Å²) in [5.41, 5.74) is 1.01. The summed E-state index contributed by atoms with van der Waals surface area (Å²) in [6.45, 7) is 5.21. The van der Waals surface area contributed by atoms with Crippen molar-refractivity contribution in [1.29, 1.82) is 0 Å². The van der Waals surface area contributed by atoms with Crippen LogP contribution in [0.5, 0.6) is 0 Å². The minimum atomic E-state index is -4.36. The summed E-state index contributed by atoms with van der Waals surface area (Å²) in [5.74, 6) is -0.215. The standard InChI is InChI=1S/C23H34F3N3O3/c1-22(2,15-28(3)4)14-27-20(30)18-9-11-29(12-10-18)21(31)19-7-5-17(6-8-19)13-32-16-23(24,25)26/h5-8,18H,9-16H2,1-4H3,(H,27,30). The van der Waals surface area contributed by atoms with Crippen LogP contribution in [0.3, 0.4) is 0 Å². The molecular formula is C23H34F3N3O3. The number of halogens is 3. The van der Waals surface area contributed by atoms with Crippen molar-refractivity contribution in [2.75, 3.05) is 46.9 Å². The van der Waals surface area contributed by atoms with Crippen LogP contribution in [-0.2, 0) is 16.1 Å². The van der Waals surface area contributed by atoms with Crippen molar-refractivity contribution in [1.82, 2.24) is 15.1 Å². The normalized spacial score (nSPS) is 15.8. The second kappa shape index (κ2) is 11.1. The Morgan fingerprint density at radius 1 is 1.12 bits per heavy atom. The van der Waals surface area contributed by atoms with Crippen LogP contribution in [0.15, 0.2) is 24.3 Å². The highest BCUT2D eigenvalue weighted by Crippen LogP contribution is 2.21. The lowest BCUT2D eigenvalue weighted by atomic mass is 9.91. The van der Waals surface area contributed by atoms with Gasteiger partial charge in [-0.1, -0.05) is 26.0 Å². The summed E-state index contributed by atoms with van der Waals surface area (Å²) in [6.07, 6.45) is -3.15. The van der Waals surface area contributed by atoms with E-state index in [4.69, 9.17) is 0 Å². The number of alkyl halides is 3. The molecular weight excluding hydrogens is 423 g/mol. The number of amides is 2. The van der Waals surface area contributed by atoms with Gasteiger partial charge in [0.2, 0.25) is 5.91 Å². The first-order chi connectivity index (χ1) is 14.9. The van der Waals surface area contributed by atoms with Crippen LogP contribution in [-0.4, -0.2) is 74.7 Å². The van der Waals surface area contributed by atoms with Crippen LogP contribution in [0.1, 0.15) is 42.6 Å². The first kappa shape index (κ1) is 26.1. The van der Waals surface area contributed by atoms with Crippen LogP contribution >= 0.6 is 0 Å². The number of piperidine rings is 1. The second-order valence-corrected chi connectivity index (χ2v) is 9.49. The van der Waals surface area contributed by atoms with Crippen molar-refractivity contribution < 1.29 is 27.5 Å². The number of nitrogens with one attached hydrogen (secondary N) is 1. The lowest BCUT2D eigenvalue weighted by molar-refractivity contribution is -0.176. The van der Waals surface area contributed by atoms with Gasteiger partial charge in [-0.3, -0.25) is 9.59 Å². The number of benzene rings is 1. The summed E-state index contributed by atoms with van der Waals surface area (Å²) in [6, 6.07) is 6.39. The molecule has 1 N–H and O–H groups in total. The number of rotatable bonds is 9. The number of carbonyl (C=O) groups is 2. The Labute approximate surface area is 188 Å². The van der Waals surface area contributed by atoms with Gasteiger partial charge in [0.25, 0.3) is 5.91 Å². The second-order valence-electron chi connectivity index (χ2n) is 9.49. The summed E-state index contributed by atoms with van der Waals surface area (Å²) in [4.78, 5) is 29.1. The van der Waals surface area contributed by atoms with Crippen LogP contribution in [0.4, 0.5) is 13.2 Å². The number of likely N-dealkylation sites (tertiary alicyclic amines) is 1. The molecule has 0 aliphatic carbocycles. The maximum atomic E-state index is 12.7. The van der Waals surface area contributed by atoms with E-state index in [2.05, 4.69) is 28.8 Å². The average Bonchev–Trinajstić information content (AvgIpc) is 2.70. The molecule has 1 aromatic rings. The molecule has 0 radical (unpaired) electrons. The predicted octanol–water partition coefficient (Wildman–Crippen LogP) is 3.32. The number of hydrogen-bond acceptors (Lipinski definition) is 4. The minimum absolute atomic E-state index is 0.0280. The van der Waals surface area contributed by atoms with Gasteiger partial charge in [0.05, 0.1) is 6.61 Å². The molecule has 2 amide bonds. The fourth-order valence-electron chi connectivity index (χ4n) is 3.94. The Morgan fingerprint density at radius 3 is 2.25 bits per heavy atom. The molecule has 1 saturated heterocycles. The number of ether oxygens (including phenoxy) is 1. The number of carbonyl (C=O) groups excluding carboxylic acids is 2. The molecule has 1 aliphatic heterocycles. The van der Waals surface area contributed by atoms with E-state index in [9.17, 15) is 22.8 Å². The third-order valence-electron chi connectivity index (χ3n) is 5.37. The van der Waals surface area contributed by atoms with E-state index in [0.717, 1.165) is 6.54 Å². The lowest BCUT2D eigenvalue weighted by Gasteiger charge is -2.33. The molecule has 1 aliphatic rings. The summed E-state index contributed by atoms with van der Waals surface area (Å²) in [7, 11) is 4.01. The summed E-state index contributed by atoms with van der Waals surface area (Å²) in [5, 5.41) is 3.05. The molecule has 9 heteroatoms. The fourth-order valence-corrected chi connectivity index (χ4v) is 3.94. The first-order valence-electron chi connectivity index (χ1n) is 10.8. The molecule has 2 rings (SSSR count). The van der Waals surface area contributed by atoms with E-state index in [1.807, 2.05) is 14.1 Å². The molecule has 0 saturated carbocycles. The van der Waals surface area contributed by atoms with Gasteiger partial charge < -0.3 is 19.9 Å². The van der Waals surface area contributed by atoms with E-state index in [-0.39, 0.29) is 29.8 Å². The van der Waals surface area contributed by atoms with Crippen LogP contribution < -0.4 is 5.32 Å². The SMILES string of the molecule is CN(C)CC(C)(C)CNC(=O)C1CCN(C(=O)c2ccc(COCC(F)(F)F)cc2)CC1. The average molecular weight is 458 g/mol. The predicted molar refractivity (Wildman–Crippen MR) is 116 cm³/mol. The van der Waals surface area contributed by atoms with Crippen molar-refractivity contribution in [2.24, 2.45) is 11.3 Å². The molecule has 1 fully saturated rings. The van der Waals surface area contributed by atoms with Crippen molar-refractivity contribution in [3.8, 4) is 0 Å². The van der Waals surface area contributed by atoms with Gasteiger partial charge in [0, 0.05) is 37.7 Å². The van der Waals surface area contributed by atoms with Crippen molar-refractivity contribution >= 4 is 11.8 Å². The Balaban J connectivity index is 1.79. The highest BCUT2D eigenvalue weighted by Gasteiger charge is 2.29. The monoisotopic (exact) mass is 457 g/mol. The molecule has 180 valence electrons. The Hall–Kier alpha value is -2.13. The maximum Gasteiger partial charge on any atom is 0.411 e. The topological polar surface area (TPSA) is 61.9 Å². The zero-order valence-corrected chi connectivity index (χ0v) is 19.3. The van der Waals surface area contributed by atoms with Gasteiger partial charge in [0.15, 0.2) is 0 Å². The van der Waals surface area contributed by atoms with E-state index in [1.54, 1.807) is 29.2 Å². The number of nitrogens with zero attached hydrogens (tertiary/aromatic N) is 2. The minimum Gasteiger partial charge on any atom is -0.367 e. The summed E-state index contributed by atoms with van der Waals surface area (Å²) < 4.78 is 41.1. The van der Waals surface area contributed by atoms with Gasteiger partial charge in [0.1, 0.15) is 6.61 Å². The van der Waals surface area contributed by atoms with Crippen LogP contribution in [0.25, 0.3) is 0 Å². The molecule has 0 bridgehead atoms. The molecule has 0 aromatic heterocycles. The molecule has 32 heavy (non-hydrogen) atoms. The van der Waals surface area contributed by atoms with Crippen molar-refractivity contribution in [3.63, 3.8) is 0 Å². The molecule has 0 unspecified atom stereocenters. The van der Waals surface area contributed by atoms with Crippen molar-refractivity contribution in [3.05, 3.63) is 35.4 Å². The van der Waals surface area contributed by atoms with Crippen molar-refractivity contribution in [2.45, 2.75) is 39.5 Å². The van der Waals surface area contributed by atoms with Crippen LogP contribution in [0, 0.1) is 11.3 Å². The highest BCUT2D eigenvalue weighted by molar-refractivity contribution is 5.94. The van der Waals surface area contributed by atoms with E-state index in [1.165, 1.54) is 0 Å². The zero-order valence-electron chi connectivity index (χ0n) is 19.3. The highest BCUT2D eigenvalue weighted by atomic mass is 19.4. The van der Waals surface area contributed by atoms with E-state index < -0.39 is 12.8 Å². The van der Waals surface area contributed by atoms with Gasteiger partial charge in [-0.2, -0.15) is 13.2 Å². The Bertz CT molecular complexity index is 756. The smallest absolute Gasteiger partial charge is 0.367 e. The van der Waals surface area contributed by atoms with E-state index in [0.29, 0.717) is 43.6 Å². The molecule has 0 spiro atoms. The third kappa shape index (κ3) is 8.78. The van der Waals surface area contributed by atoms with Gasteiger partial charge in [-0.25, -0.2) is 0 Å². The molecule has 1 heterocycles. The fraction of sp³-hybridized carbons (Fsp3) is 0.652. The lowest BCUT2D eigenvalue weighted by Crippen LogP contribution is -2.46. The van der Waals surface area contributed by atoms with Gasteiger partial charge >= 0.3 is 6.18 Å². The Morgan fingerprint density at radius 2 is 1.72 bits per heavy atom. The molecule has 0 atom stereocenters. The largest absolute Gasteiger partial charge is 0.411 e. The quantitative estimate of drug-likeness (QED) is 0.618. The third-order valence-corrected chi connectivity index (χ3v) is 5.37. The van der Waals surface area contributed by atoms with Gasteiger partial charge in [-0.15, -0.1) is 0 Å². The Kier molecular flexibility index (Phi) is 9.09. The summed E-state index contributed by atoms with van der Waals surface area (Å²) >= 11 is 0. The number of hydrogen-bond donors (Lipinski definition) is 1. The first-order valence-corrected chi connectivity index (χ1v) is 10.8. The zero-order chi connectivity index (χ0) is 23.9. The van der Waals surface area contributed by atoms with Gasteiger partial charge in [-0.05, 0) is 50.0 Å².